The molecule has 86 valence electrons. The molecule has 1 rings (SSSR count). The molecule has 0 spiro atoms. The Balaban J connectivity index is 2.41. The van der Waals surface area contributed by atoms with Crippen molar-refractivity contribution < 1.29 is 14.7 Å². The van der Waals surface area contributed by atoms with Gasteiger partial charge in [0, 0.05) is 19.6 Å². The summed E-state index contributed by atoms with van der Waals surface area (Å²) >= 11 is 0. The van der Waals surface area contributed by atoms with Crippen molar-refractivity contribution in [2.45, 2.75) is 12.8 Å². The molecule has 1 unspecified atom stereocenters. The molecule has 4 N–H and O–H groups in total. The minimum Gasteiger partial charge on any atom is -0.395 e. The smallest absolute Gasteiger partial charge is 0.314 e. The largest absolute Gasteiger partial charge is 0.395 e. The molecule has 0 radical (unpaired) electrons. The Labute approximate surface area is 88.4 Å². The summed E-state index contributed by atoms with van der Waals surface area (Å²) < 4.78 is 0. The molecule has 1 heterocycles. The summed E-state index contributed by atoms with van der Waals surface area (Å²) in [6.45, 7) is 1.19. The number of aliphatic hydroxyl groups is 1. The minimum atomic E-state index is -0.477. The summed E-state index contributed by atoms with van der Waals surface area (Å²) in [5.74, 6) is -0.312. The van der Waals surface area contributed by atoms with Crippen LogP contribution in [-0.2, 0) is 4.79 Å². The molecule has 1 aliphatic heterocycles. The molecule has 6 nitrogen and oxygen atoms in total. The monoisotopic (exact) mass is 215 g/mol. The molecule has 3 amide bonds. The van der Waals surface area contributed by atoms with Crippen LogP contribution < -0.4 is 11.1 Å². The SMILES string of the molecule is NC(=O)N1CCCC(C(=O)NCCO)C1. The van der Waals surface area contributed by atoms with E-state index in [1.54, 1.807) is 0 Å². The van der Waals surface area contributed by atoms with Crippen molar-refractivity contribution in [3.63, 3.8) is 0 Å². The van der Waals surface area contributed by atoms with Gasteiger partial charge in [0.1, 0.15) is 0 Å². The van der Waals surface area contributed by atoms with Crippen molar-refractivity contribution in [2.75, 3.05) is 26.2 Å². The van der Waals surface area contributed by atoms with Crippen molar-refractivity contribution in [2.24, 2.45) is 11.7 Å². The molecule has 1 aliphatic rings. The average Bonchev–Trinajstić information content (AvgIpc) is 2.26. The summed E-state index contributed by atoms with van der Waals surface area (Å²) in [4.78, 5) is 23.9. The maximum Gasteiger partial charge on any atom is 0.314 e. The van der Waals surface area contributed by atoms with E-state index in [1.165, 1.54) is 4.90 Å². The predicted molar refractivity (Wildman–Crippen MR) is 54.0 cm³/mol. The Morgan fingerprint density at radius 2 is 2.27 bits per heavy atom. The number of hydrogen-bond donors (Lipinski definition) is 3. The van der Waals surface area contributed by atoms with E-state index in [-0.39, 0.29) is 25.0 Å². The lowest BCUT2D eigenvalue weighted by molar-refractivity contribution is -0.126. The summed E-state index contributed by atoms with van der Waals surface area (Å²) in [7, 11) is 0. The molecule has 0 saturated carbocycles. The van der Waals surface area contributed by atoms with E-state index >= 15 is 0 Å². The van der Waals surface area contributed by atoms with Crippen molar-refractivity contribution in [1.29, 1.82) is 0 Å². The molecular formula is C9H17N3O3. The lowest BCUT2D eigenvalue weighted by Gasteiger charge is -2.30. The topological polar surface area (TPSA) is 95.7 Å². The van der Waals surface area contributed by atoms with Crippen LogP contribution in [0.2, 0.25) is 0 Å². The third-order valence-corrected chi connectivity index (χ3v) is 2.51. The molecule has 1 atom stereocenters. The first kappa shape index (κ1) is 11.8. The Bertz CT molecular complexity index is 245. The van der Waals surface area contributed by atoms with Gasteiger partial charge in [0.25, 0.3) is 0 Å². The zero-order valence-corrected chi connectivity index (χ0v) is 8.61. The Hall–Kier alpha value is -1.30. The highest BCUT2D eigenvalue weighted by Gasteiger charge is 2.26. The number of primary amides is 1. The van der Waals surface area contributed by atoms with Crippen LogP contribution in [0.4, 0.5) is 4.79 Å². The first-order valence-corrected chi connectivity index (χ1v) is 5.08. The number of piperidine rings is 1. The number of urea groups is 1. The van der Waals surface area contributed by atoms with Gasteiger partial charge in [0.05, 0.1) is 12.5 Å². The van der Waals surface area contributed by atoms with E-state index in [1.807, 2.05) is 0 Å². The molecule has 6 heteroatoms. The van der Waals surface area contributed by atoms with E-state index < -0.39 is 6.03 Å². The highest BCUT2D eigenvalue weighted by Crippen LogP contribution is 2.15. The Morgan fingerprint density at radius 1 is 1.53 bits per heavy atom. The fraction of sp³-hybridized carbons (Fsp3) is 0.778. The van der Waals surface area contributed by atoms with Gasteiger partial charge in [-0.1, -0.05) is 0 Å². The highest BCUT2D eigenvalue weighted by atomic mass is 16.3. The van der Waals surface area contributed by atoms with Crippen molar-refractivity contribution in [1.82, 2.24) is 10.2 Å². The predicted octanol–water partition coefficient (Wildman–Crippen LogP) is -1.11. The second-order valence-corrected chi connectivity index (χ2v) is 3.64. The summed E-state index contributed by atoms with van der Waals surface area (Å²) in [6.07, 6.45) is 1.56. The Morgan fingerprint density at radius 3 is 2.87 bits per heavy atom. The summed E-state index contributed by atoms with van der Waals surface area (Å²) in [5.41, 5.74) is 5.14. The van der Waals surface area contributed by atoms with E-state index in [2.05, 4.69) is 5.32 Å². The van der Waals surface area contributed by atoms with Crippen LogP contribution in [0.5, 0.6) is 0 Å². The first-order chi connectivity index (χ1) is 7.15. The maximum absolute atomic E-state index is 11.5. The van der Waals surface area contributed by atoms with E-state index in [4.69, 9.17) is 10.8 Å². The molecule has 0 aromatic carbocycles. The fourth-order valence-corrected chi connectivity index (χ4v) is 1.71. The number of likely N-dealkylation sites (tertiary alicyclic amines) is 1. The molecule has 1 saturated heterocycles. The number of rotatable bonds is 3. The average molecular weight is 215 g/mol. The zero-order valence-electron chi connectivity index (χ0n) is 8.61. The van der Waals surface area contributed by atoms with Gasteiger partial charge >= 0.3 is 6.03 Å². The normalized spacial score (nSPS) is 21.1. The number of carbonyl (C=O) groups excluding carboxylic acids is 2. The standard InChI is InChI=1S/C9H17N3O3/c10-9(15)12-4-1-2-7(6-12)8(14)11-3-5-13/h7,13H,1-6H2,(H2,10,15)(H,11,14). The number of hydrogen-bond acceptors (Lipinski definition) is 3. The van der Waals surface area contributed by atoms with Gasteiger partial charge in [-0.3, -0.25) is 4.79 Å². The summed E-state index contributed by atoms with van der Waals surface area (Å²) in [6, 6.07) is -0.477. The van der Waals surface area contributed by atoms with Gasteiger partial charge in [0.15, 0.2) is 0 Å². The van der Waals surface area contributed by atoms with Crippen molar-refractivity contribution in [3.8, 4) is 0 Å². The van der Waals surface area contributed by atoms with Gasteiger partial charge < -0.3 is 21.1 Å². The Kier molecular flexibility index (Phi) is 4.36. The van der Waals surface area contributed by atoms with Gasteiger partial charge in [-0.15, -0.1) is 0 Å². The van der Waals surface area contributed by atoms with Crippen LogP contribution in [0.15, 0.2) is 0 Å². The third kappa shape index (κ3) is 3.39. The molecule has 0 bridgehead atoms. The summed E-state index contributed by atoms with van der Waals surface area (Å²) in [5, 5.41) is 11.1. The molecule has 0 aliphatic carbocycles. The van der Waals surface area contributed by atoms with Gasteiger partial charge in [-0.2, -0.15) is 0 Å². The lowest BCUT2D eigenvalue weighted by Crippen LogP contribution is -2.47. The number of amides is 3. The molecule has 0 aromatic heterocycles. The second-order valence-electron chi connectivity index (χ2n) is 3.64. The van der Waals surface area contributed by atoms with Gasteiger partial charge in [-0.05, 0) is 12.8 Å². The van der Waals surface area contributed by atoms with Crippen LogP contribution in [0.3, 0.4) is 0 Å². The number of nitrogens with two attached hydrogens (primary N) is 1. The van der Waals surface area contributed by atoms with Crippen LogP contribution in [0.25, 0.3) is 0 Å². The molecule has 1 fully saturated rings. The van der Waals surface area contributed by atoms with Crippen LogP contribution in [0, 0.1) is 5.92 Å². The van der Waals surface area contributed by atoms with Crippen LogP contribution >= 0.6 is 0 Å². The highest BCUT2D eigenvalue weighted by molar-refractivity contribution is 5.80. The van der Waals surface area contributed by atoms with Crippen LogP contribution in [-0.4, -0.2) is 48.2 Å². The van der Waals surface area contributed by atoms with Crippen LogP contribution in [0.1, 0.15) is 12.8 Å². The minimum absolute atomic E-state index is 0.0714. The second kappa shape index (κ2) is 5.55. The van der Waals surface area contributed by atoms with Crippen molar-refractivity contribution in [3.05, 3.63) is 0 Å². The fourth-order valence-electron chi connectivity index (χ4n) is 1.71. The number of nitrogens with zero attached hydrogens (tertiary/aromatic N) is 1. The number of carbonyl (C=O) groups is 2. The molecular weight excluding hydrogens is 198 g/mol. The quantitative estimate of drug-likeness (QED) is 0.556. The van der Waals surface area contributed by atoms with Crippen molar-refractivity contribution >= 4 is 11.9 Å². The lowest BCUT2D eigenvalue weighted by atomic mass is 9.97. The maximum atomic E-state index is 11.5. The van der Waals surface area contributed by atoms with E-state index in [0.717, 1.165) is 12.8 Å². The van der Waals surface area contributed by atoms with E-state index in [9.17, 15) is 9.59 Å². The first-order valence-electron chi connectivity index (χ1n) is 5.08. The zero-order chi connectivity index (χ0) is 11.3. The number of nitrogens with one attached hydrogen (secondary N) is 1. The van der Waals surface area contributed by atoms with Gasteiger partial charge in [0.2, 0.25) is 5.91 Å². The van der Waals surface area contributed by atoms with Gasteiger partial charge in [-0.25, -0.2) is 4.79 Å². The third-order valence-electron chi connectivity index (χ3n) is 2.51. The molecule has 15 heavy (non-hydrogen) atoms. The number of aliphatic hydroxyl groups excluding tert-OH is 1. The van der Waals surface area contributed by atoms with E-state index in [0.29, 0.717) is 13.1 Å². The molecule has 0 aromatic rings.